The zero-order valence-electron chi connectivity index (χ0n) is 29.2. The summed E-state index contributed by atoms with van der Waals surface area (Å²) in [5, 5.41) is 20.4. The Bertz CT molecular complexity index is 1930. The molecule has 0 unspecified atom stereocenters. The summed E-state index contributed by atoms with van der Waals surface area (Å²) in [7, 11) is 8.12. The Hall–Kier alpha value is -4.80. The maximum atomic E-state index is 4.58. The van der Waals surface area contributed by atoms with Crippen molar-refractivity contribution in [3.63, 3.8) is 0 Å². The van der Waals surface area contributed by atoms with Crippen LogP contribution in [-0.4, -0.2) is 38.7 Å². The second-order valence-corrected chi connectivity index (χ2v) is 14.6. The first kappa shape index (κ1) is 35.0. The van der Waals surface area contributed by atoms with Gasteiger partial charge >= 0.3 is 0 Å². The molecule has 0 amide bonds. The van der Waals surface area contributed by atoms with Crippen molar-refractivity contribution in [1.82, 2.24) is 0 Å². The summed E-state index contributed by atoms with van der Waals surface area (Å²) < 4.78 is 4.44. The number of pyridine rings is 2. The molecule has 0 aliphatic heterocycles. The van der Waals surface area contributed by atoms with E-state index < -0.39 is 0 Å². The Kier molecular flexibility index (Phi) is 12.1. The van der Waals surface area contributed by atoms with Crippen LogP contribution in [0.3, 0.4) is 0 Å². The number of hydrogen-bond acceptors (Lipinski definition) is 8. The molecule has 0 fully saturated rings. The summed E-state index contributed by atoms with van der Waals surface area (Å²) in [5.74, 6) is 2.08. The fourth-order valence-electron chi connectivity index (χ4n) is 5.76. The molecule has 10 heteroatoms. The molecular formula is C40H44N8S2+2. The minimum absolute atomic E-state index is 0.845. The summed E-state index contributed by atoms with van der Waals surface area (Å²) in [6.45, 7) is 8.06. The van der Waals surface area contributed by atoms with Crippen LogP contribution in [0.4, 0.5) is 34.1 Å². The lowest BCUT2D eigenvalue weighted by molar-refractivity contribution is -0.667. The third-order valence-corrected chi connectivity index (χ3v) is 11.1. The minimum atomic E-state index is 0.845. The first-order valence-corrected chi connectivity index (χ1v) is 19.6. The van der Waals surface area contributed by atoms with Crippen LogP contribution >= 0.6 is 21.6 Å². The molecule has 8 nitrogen and oxygen atoms in total. The van der Waals surface area contributed by atoms with E-state index in [0.717, 1.165) is 71.2 Å². The Labute approximate surface area is 303 Å². The molecule has 0 aliphatic rings. The van der Waals surface area contributed by atoms with Crippen molar-refractivity contribution < 1.29 is 9.13 Å². The maximum Gasteiger partial charge on any atom is 0.214 e. The van der Waals surface area contributed by atoms with Gasteiger partial charge in [0.15, 0.2) is 12.4 Å². The number of fused-ring (bicyclic) bond motifs is 2. The van der Waals surface area contributed by atoms with Crippen molar-refractivity contribution in [3.8, 4) is 0 Å². The molecule has 0 bridgehead atoms. The van der Waals surface area contributed by atoms with Crippen LogP contribution in [0.5, 0.6) is 0 Å². The number of rotatable bonds is 15. The molecule has 0 N–H and O–H groups in total. The summed E-state index contributed by atoms with van der Waals surface area (Å²) in [6, 6.07) is 37.3. The van der Waals surface area contributed by atoms with Crippen molar-refractivity contribution in [2.45, 2.75) is 26.9 Å². The van der Waals surface area contributed by atoms with Gasteiger partial charge in [-0.2, -0.15) is 19.4 Å². The maximum absolute atomic E-state index is 4.58. The standard InChI is InChI=1S/C40H44N8S2/c1-5-47-25-23-37(35-11-7-9-13-39(35)47)43-41-31-15-19-33(20-16-31)45(3)27-29-49-50-30-28-46(4)34-21-17-32(18-22-34)42-44-38-24-26-48(6-2)40-14-10-8-12-36(38)40/h7-26H,5-6,27-30H2,1-4H3/q+2. The van der Waals surface area contributed by atoms with E-state index in [1.165, 1.54) is 22.4 Å². The molecule has 6 aromatic rings. The fraction of sp³-hybridized carbons (Fsp3) is 0.250. The second kappa shape index (κ2) is 17.2. The Morgan fingerprint density at radius 1 is 0.500 bits per heavy atom. The Morgan fingerprint density at radius 3 is 1.30 bits per heavy atom. The number of nitrogens with zero attached hydrogens (tertiary/aromatic N) is 8. The van der Waals surface area contributed by atoms with E-state index in [4.69, 9.17) is 0 Å². The highest BCUT2D eigenvalue weighted by Gasteiger charge is 2.12. The average molecular weight is 701 g/mol. The lowest BCUT2D eigenvalue weighted by atomic mass is 10.2. The van der Waals surface area contributed by atoms with E-state index >= 15 is 0 Å². The molecule has 0 radical (unpaired) electrons. The van der Waals surface area contributed by atoms with Crippen molar-refractivity contribution in [2.24, 2.45) is 20.5 Å². The first-order valence-electron chi connectivity index (χ1n) is 17.1. The summed E-state index contributed by atoms with van der Waals surface area (Å²) >= 11 is 0. The number of anilines is 2. The molecule has 2 heterocycles. The van der Waals surface area contributed by atoms with Crippen molar-refractivity contribution in [1.29, 1.82) is 0 Å². The van der Waals surface area contributed by atoms with Crippen LogP contribution < -0.4 is 18.9 Å². The summed E-state index contributed by atoms with van der Waals surface area (Å²) in [5.41, 5.74) is 8.13. The van der Waals surface area contributed by atoms with Crippen molar-refractivity contribution in [2.75, 3.05) is 48.5 Å². The predicted octanol–water partition coefficient (Wildman–Crippen LogP) is 10.4. The average Bonchev–Trinajstić information content (AvgIpc) is 3.17. The Balaban J connectivity index is 0.918. The third kappa shape index (κ3) is 8.67. The number of hydrogen-bond donors (Lipinski definition) is 0. The van der Waals surface area contributed by atoms with E-state index in [2.05, 4.69) is 140 Å². The molecule has 6 rings (SSSR count). The molecule has 0 atom stereocenters. The van der Waals surface area contributed by atoms with Gasteiger partial charge < -0.3 is 9.80 Å². The van der Waals surface area contributed by atoms with Gasteiger partial charge in [0.1, 0.15) is 24.5 Å². The molecule has 0 saturated heterocycles. The van der Waals surface area contributed by atoms with Gasteiger partial charge in [-0.05, 0) is 74.5 Å². The second-order valence-electron chi connectivity index (χ2n) is 11.9. The van der Waals surface area contributed by atoms with Gasteiger partial charge in [0.05, 0.1) is 22.1 Å². The van der Waals surface area contributed by atoms with Gasteiger partial charge in [-0.3, -0.25) is 0 Å². The lowest BCUT2D eigenvalue weighted by Crippen LogP contribution is -2.32. The number of aromatic nitrogens is 2. The number of benzene rings is 4. The molecule has 0 spiro atoms. The normalized spacial score (nSPS) is 11.7. The topological polar surface area (TPSA) is 63.7 Å². The van der Waals surface area contributed by atoms with Crippen LogP contribution in [0.1, 0.15) is 13.8 Å². The van der Waals surface area contributed by atoms with Gasteiger partial charge in [0.25, 0.3) is 0 Å². The van der Waals surface area contributed by atoms with Crippen LogP contribution in [0, 0.1) is 0 Å². The molecular weight excluding hydrogens is 657 g/mol. The first-order chi connectivity index (χ1) is 24.5. The largest absolute Gasteiger partial charge is 0.374 e. The lowest BCUT2D eigenvalue weighted by Gasteiger charge is -2.20. The van der Waals surface area contributed by atoms with Gasteiger partial charge in [0, 0.05) is 74.3 Å². The van der Waals surface area contributed by atoms with Crippen LogP contribution in [0.25, 0.3) is 21.8 Å². The highest BCUT2D eigenvalue weighted by molar-refractivity contribution is 8.76. The third-order valence-electron chi connectivity index (χ3n) is 8.72. The van der Waals surface area contributed by atoms with E-state index in [1.54, 1.807) is 0 Å². The molecule has 4 aromatic carbocycles. The fourth-order valence-corrected chi connectivity index (χ4v) is 7.85. The van der Waals surface area contributed by atoms with Crippen molar-refractivity contribution >= 4 is 77.5 Å². The monoisotopic (exact) mass is 700 g/mol. The molecule has 0 aliphatic carbocycles. The summed E-state index contributed by atoms with van der Waals surface area (Å²) in [4.78, 5) is 4.57. The van der Waals surface area contributed by atoms with Gasteiger partial charge in [0.2, 0.25) is 11.0 Å². The molecule has 50 heavy (non-hydrogen) atoms. The molecule has 2 aromatic heterocycles. The smallest absolute Gasteiger partial charge is 0.214 e. The van der Waals surface area contributed by atoms with Crippen LogP contribution in [-0.2, 0) is 13.1 Å². The van der Waals surface area contributed by atoms with Crippen LogP contribution in [0.15, 0.2) is 142 Å². The van der Waals surface area contributed by atoms with E-state index in [0.29, 0.717) is 0 Å². The van der Waals surface area contributed by atoms with Crippen molar-refractivity contribution in [3.05, 3.63) is 122 Å². The Morgan fingerprint density at radius 2 is 0.900 bits per heavy atom. The number of para-hydroxylation sites is 2. The molecule has 0 saturated carbocycles. The van der Waals surface area contributed by atoms with E-state index in [1.807, 2.05) is 70.1 Å². The number of aryl methyl sites for hydroxylation is 2. The van der Waals surface area contributed by atoms with Crippen LogP contribution in [0.2, 0.25) is 0 Å². The van der Waals surface area contributed by atoms with Gasteiger partial charge in [-0.15, -0.1) is 10.2 Å². The quantitative estimate of drug-likeness (QED) is 0.0463. The highest BCUT2D eigenvalue weighted by atomic mass is 33.1. The number of azo groups is 2. The zero-order valence-corrected chi connectivity index (χ0v) is 30.8. The minimum Gasteiger partial charge on any atom is -0.374 e. The SMILES string of the molecule is CC[n+]1ccc(/N=N/c2ccc(N(C)CCSSCCN(C)c3ccc(/N=N/c4cc[n+](CC)c5ccccc45)cc3)cc2)c2ccccc21. The predicted molar refractivity (Wildman–Crippen MR) is 212 cm³/mol. The molecule has 254 valence electrons. The zero-order chi connectivity index (χ0) is 34.7. The van der Waals surface area contributed by atoms with E-state index in [-0.39, 0.29) is 0 Å². The van der Waals surface area contributed by atoms with Gasteiger partial charge in [-0.1, -0.05) is 45.9 Å². The highest BCUT2D eigenvalue weighted by Crippen LogP contribution is 2.29. The summed E-state index contributed by atoms with van der Waals surface area (Å²) in [6.07, 6.45) is 4.15. The van der Waals surface area contributed by atoms with E-state index in [9.17, 15) is 0 Å². The van der Waals surface area contributed by atoms with Gasteiger partial charge in [-0.25, -0.2) is 0 Å².